The van der Waals surface area contributed by atoms with Gasteiger partial charge in [-0.05, 0) is 38.0 Å². The first-order chi connectivity index (χ1) is 9.47. The average Bonchev–Trinajstić information content (AvgIpc) is 2.35. The van der Waals surface area contributed by atoms with Crippen molar-refractivity contribution in [3.63, 3.8) is 0 Å². The summed E-state index contributed by atoms with van der Waals surface area (Å²) in [5, 5.41) is 3.44. The molecule has 0 aromatic carbocycles. The first kappa shape index (κ1) is 14.8. The highest BCUT2D eigenvalue weighted by Gasteiger charge is 2.24. The molecule has 0 bridgehead atoms. The highest BCUT2D eigenvalue weighted by molar-refractivity contribution is 5.85. The molecule has 1 aromatic heterocycles. The van der Waals surface area contributed by atoms with Crippen molar-refractivity contribution in [2.24, 2.45) is 11.8 Å². The molecule has 1 saturated carbocycles. The van der Waals surface area contributed by atoms with Crippen molar-refractivity contribution in [2.45, 2.75) is 46.1 Å². The third-order valence-electron chi connectivity index (χ3n) is 3.75. The van der Waals surface area contributed by atoms with Crippen molar-refractivity contribution in [1.29, 1.82) is 0 Å². The molecular weight excluding hydrogens is 254 g/mol. The van der Waals surface area contributed by atoms with E-state index in [-0.39, 0.29) is 5.82 Å². The molecule has 2 rings (SSSR count). The van der Waals surface area contributed by atoms with Gasteiger partial charge in [-0.15, -0.1) is 0 Å². The molecule has 110 valence electrons. The smallest absolute Gasteiger partial charge is 0.376 e. The maximum absolute atomic E-state index is 11.5. The second-order valence-corrected chi connectivity index (χ2v) is 5.97. The fraction of sp³-hybridized carbons (Fsp3) is 0.667. The van der Waals surface area contributed by atoms with Gasteiger partial charge in [0.2, 0.25) is 5.82 Å². The minimum Gasteiger partial charge on any atom is -0.463 e. The molecule has 2 atom stereocenters. The van der Waals surface area contributed by atoms with Crippen LogP contribution in [0.3, 0.4) is 0 Å². The van der Waals surface area contributed by atoms with Gasteiger partial charge in [-0.3, -0.25) is 0 Å². The first-order valence-corrected chi connectivity index (χ1v) is 7.18. The SMILES string of the molecule is COC(=O)c1nc(C)cc(NC2CC(C)CC(C)C2)n1. The van der Waals surface area contributed by atoms with Crippen LogP contribution in [0.5, 0.6) is 0 Å². The summed E-state index contributed by atoms with van der Waals surface area (Å²) in [6, 6.07) is 2.28. The minimum atomic E-state index is -0.498. The van der Waals surface area contributed by atoms with Crippen molar-refractivity contribution in [2.75, 3.05) is 12.4 Å². The Morgan fingerprint density at radius 3 is 2.50 bits per heavy atom. The maximum Gasteiger partial charge on any atom is 0.376 e. The van der Waals surface area contributed by atoms with E-state index in [9.17, 15) is 4.79 Å². The van der Waals surface area contributed by atoms with Gasteiger partial charge in [0.05, 0.1) is 7.11 Å². The van der Waals surface area contributed by atoms with E-state index in [1.807, 2.05) is 13.0 Å². The van der Waals surface area contributed by atoms with Crippen LogP contribution in [0.2, 0.25) is 0 Å². The summed E-state index contributed by atoms with van der Waals surface area (Å²) in [4.78, 5) is 19.9. The Balaban J connectivity index is 2.12. The van der Waals surface area contributed by atoms with Crippen molar-refractivity contribution in [1.82, 2.24) is 9.97 Å². The molecule has 0 radical (unpaired) electrons. The summed E-state index contributed by atoms with van der Waals surface area (Å²) in [6.45, 7) is 6.43. The van der Waals surface area contributed by atoms with Gasteiger partial charge in [0.1, 0.15) is 5.82 Å². The zero-order valence-electron chi connectivity index (χ0n) is 12.6. The van der Waals surface area contributed by atoms with E-state index in [1.165, 1.54) is 13.5 Å². The van der Waals surface area contributed by atoms with E-state index in [2.05, 4.69) is 33.9 Å². The monoisotopic (exact) mass is 277 g/mol. The van der Waals surface area contributed by atoms with Crippen molar-refractivity contribution < 1.29 is 9.53 Å². The number of aryl methyl sites for hydroxylation is 1. The highest BCUT2D eigenvalue weighted by atomic mass is 16.5. The summed E-state index contributed by atoms with van der Waals surface area (Å²) in [5.74, 6) is 1.77. The van der Waals surface area contributed by atoms with Crippen molar-refractivity contribution >= 4 is 11.8 Å². The molecule has 1 aliphatic carbocycles. The molecule has 1 aromatic rings. The number of aromatic nitrogens is 2. The Morgan fingerprint density at radius 1 is 1.25 bits per heavy atom. The molecular formula is C15H23N3O2. The summed E-state index contributed by atoms with van der Waals surface area (Å²) in [6.07, 6.45) is 3.57. The van der Waals surface area contributed by atoms with Crippen LogP contribution in [-0.2, 0) is 4.74 Å². The zero-order chi connectivity index (χ0) is 14.7. The van der Waals surface area contributed by atoms with Crippen LogP contribution in [0.4, 0.5) is 5.82 Å². The Bertz CT molecular complexity index is 480. The number of ether oxygens (including phenoxy) is 1. The molecule has 0 amide bonds. The predicted molar refractivity (Wildman–Crippen MR) is 77.7 cm³/mol. The number of hydrogen-bond donors (Lipinski definition) is 1. The number of rotatable bonds is 3. The maximum atomic E-state index is 11.5. The average molecular weight is 277 g/mol. The lowest BCUT2D eigenvalue weighted by atomic mass is 9.80. The fourth-order valence-electron chi connectivity index (χ4n) is 3.10. The molecule has 1 fully saturated rings. The van der Waals surface area contributed by atoms with Crippen LogP contribution in [0.1, 0.15) is 49.4 Å². The summed E-state index contributed by atoms with van der Waals surface area (Å²) in [7, 11) is 1.34. The third kappa shape index (κ3) is 3.68. The lowest BCUT2D eigenvalue weighted by Gasteiger charge is -2.32. The van der Waals surface area contributed by atoms with Crippen LogP contribution in [-0.4, -0.2) is 29.1 Å². The summed E-state index contributed by atoms with van der Waals surface area (Å²) < 4.78 is 4.68. The Labute approximate surface area is 120 Å². The zero-order valence-corrected chi connectivity index (χ0v) is 12.6. The standard InChI is InChI=1S/C15H23N3O2/c1-9-5-10(2)7-12(6-9)17-13-8-11(3)16-14(18-13)15(19)20-4/h8-10,12H,5-7H2,1-4H3,(H,16,17,18). The number of anilines is 1. The van der Waals surface area contributed by atoms with E-state index < -0.39 is 5.97 Å². The molecule has 2 unspecified atom stereocenters. The Morgan fingerprint density at radius 2 is 1.90 bits per heavy atom. The van der Waals surface area contributed by atoms with E-state index >= 15 is 0 Å². The number of esters is 1. The van der Waals surface area contributed by atoms with Crippen LogP contribution in [0.15, 0.2) is 6.07 Å². The van der Waals surface area contributed by atoms with Crippen molar-refractivity contribution in [3.8, 4) is 0 Å². The van der Waals surface area contributed by atoms with Crippen LogP contribution < -0.4 is 5.32 Å². The number of methoxy groups -OCH3 is 1. The second kappa shape index (κ2) is 6.20. The molecule has 20 heavy (non-hydrogen) atoms. The van der Waals surface area contributed by atoms with Crippen LogP contribution in [0.25, 0.3) is 0 Å². The lowest BCUT2D eigenvalue weighted by molar-refractivity contribution is 0.0586. The number of hydrogen-bond acceptors (Lipinski definition) is 5. The molecule has 5 nitrogen and oxygen atoms in total. The van der Waals surface area contributed by atoms with Gasteiger partial charge < -0.3 is 10.1 Å². The molecule has 0 spiro atoms. The number of nitrogens with one attached hydrogen (secondary N) is 1. The number of carbonyl (C=O) groups excluding carboxylic acids is 1. The van der Waals surface area contributed by atoms with E-state index in [4.69, 9.17) is 0 Å². The van der Waals surface area contributed by atoms with Gasteiger partial charge in [0, 0.05) is 17.8 Å². The molecule has 1 aliphatic rings. The third-order valence-corrected chi connectivity index (χ3v) is 3.75. The second-order valence-electron chi connectivity index (χ2n) is 5.97. The van der Waals surface area contributed by atoms with Gasteiger partial charge in [-0.25, -0.2) is 14.8 Å². The van der Waals surface area contributed by atoms with E-state index in [1.54, 1.807) is 0 Å². The summed E-state index contributed by atoms with van der Waals surface area (Å²) >= 11 is 0. The van der Waals surface area contributed by atoms with Gasteiger partial charge >= 0.3 is 5.97 Å². The fourth-order valence-corrected chi connectivity index (χ4v) is 3.10. The highest BCUT2D eigenvalue weighted by Crippen LogP contribution is 2.30. The molecule has 1 heterocycles. The number of nitrogens with zero attached hydrogens (tertiary/aromatic N) is 2. The van der Waals surface area contributed by atoms with Crippen LogP contribution >= 0.6 is 0 Å². The molecule has 0 saturated heterocycles. The molecule has 0 aliphatic heterocycles. The quantitative estimate of drug-likeness (QED) is 0.861. The topological polar surface area (TPSA) is 64.1 Å². The minimum absolute atomic E-state index is 0.118. The van der Waals surface area contributed by atoms with Gasteiger partial charge in [0.25, 0.3) is 0 Å². The van der Waals surface area contributed by atoms with Gasteiger partial charge in [-0.2, -0.15) is 0 Å². The number of carbonyl (C=O) groups is 1. The Hall–Kier alpha value is -1.65. The lowest BCUT2D eigenvalue weighted by Crippen LogP contribution is -2.30. The van der Waals surface area contributed by atoms with Gasteiger partial charge in [0.15, 0.2) is 0 Å². The molecule has 1 N–H and O–H groups in total. The normalized spacial score (nSPS) is 26.1. The molecule has 5 heteroatoms. The van der Waals surface area contributed by atoms with Gasteiger partial charge in [-0.1, -0.05) is 13.8 Å². The first-order valence-electron chi connectivity index (χ1n) is 7.18. The van der Waals surface area contributed by atoms with E-state index in [0.717, 1.165) is 30.4 Å². The Kier molecular flexibility index (Phi) is 4.57. The summed E-state index contributed by atoms with van der Waals surface area (Å²) in [5.41, 5.74) is 0.764. The van der Waals surface area contributed by atoms with Crippen molar-refractivity contribution in [3.05, 3.63) is 17.6 Å². The predicted octanol–water partition coefficient (Wildman–Crippen LogP) is 2.81. The largest absolute Gasteiger partial charge is 0.463 e. The van der Waals surface area contributed by atoms with E-state index in [0.29, 0.717) is 11.9 Å². The van der Waals surface area contributed by atoms with Crippen LogP contribution in [0, 0.1) is 18.8 Å².